The lowest BCUT2D eigenvalue weighted by Gasteiger charge is -2.27. The predicted molar refractivity (Wildman–Crippen MR) is 79.9 cm³/mol. The first kappa shape index (κ1) is 14.6. The fourth-order valence-corrected chi connectivity index (χ4v) is 3.19. The average Bonchev–Trinajstić information content (AvgIpc) is 3.03. The van der Waals surface area contributed by atoms with E-state index in [4.69, 9.17) is 4.52 Å². The third kappa shape index (κ3) is 2.98. The summed E-state index contributed by atoms with van der Waals surface area (Å²) >= 11 is 1.67. The molecule has 1 saturated carbocycles. The van der Waals surface area contributed by atoms with E-state index in [0.717, 1.165) is 15.8 Å². The third-order valence-electron chi connectivity index (χ3n) is 3.97. The van der Waals surface area contributed by atoms with E-state index in [0.29, 0.717) is 24.3 Å². The number of aryl methyl sites for hydroxylation is 1. The molecule has 0 radical (unpaired) electrons. The summed E-state index contributed by atoms with van der Waals surface area (Å²) in [6.45, 7) is 8.93. The number of hydrogen-bond acceptors (Lipinski definition) is 7. The van der Waals surface area contributed by atoms with Gasteiger partial charge < -0.3 is 4.52 Å². The third-order valence-corrected chi connectivity index (χ3v) is 5.19. The lowest BCUT2D eigenvalue weighted by molar-refractivity contribution is 0.280. The maximum atomic E-state index is 5.15. The Morgan fingerprint density at radius 2 is 2.14 bits per heavy atom. The van der Waals surface area contributed by atoms with Gasteiger partial charge in [0, 0.05) is 12.8 Å². The Kier molecular flexibility index (Phi) is 3.79. The molecular formula is C14H21N5OS. The molecule has 0 aliphatic heterocycles. The van der Waals surface area contributed by atoms with E-state index in [1.165, 1.54) is 12.8 Å². The Bertz CT molecular complexity index is 618. The molecule has 0 bridgehead atoms. The van der Waals surface area contributed by atoms with E-state index in [1.54, 1.807) is 11.3 Å². The molecule has 0 spiro atoms. The summed E-state index contributed by atoms with van der Waals surface area (Å²) < 4.78 is 5.15. The van der Waals surface area contributed by atoms with Gasteiger partial charge in [-0.25, -0.2) is 0 Å². The largest absolute Gasteiger partial charge is 0.340 e. The van der Waals surface area contributed by atoms with Gasteiger partial charge in [-0.2, -0.15) is 4.98 Å². The Morgan fingerprint density at radius 3 is 2.67 bits per heavy atom. The summed E-state index contributed by atoms with van der Waals surface area (Å²) in [5.41, 5.74) is -0.249. The van der Waals surface area contributed by atoms with Crippen molar-refractivity contribution < 1.29 is 4.52 Å². The summed E-state index contributed by atoms with van der Waals surface area (Å²) in [5, 5.41) is 18.3. The van der Waals surface area contributed by atoms with E-state index in [1.807, 2.05) is 6.92 Å². The summed E-state index contributed by atoms with van der Waals surface area (Å²) in [5.74, 6) is 2.34. The first-order valence-electron chi connectivity index (χ1n) is 7.37. The molecule has 1 aliphatic carbocycles. The molecule has 1 aliphatic rings. The van der Waals surface area contributed by atoms with E-state index in [-0.39, 0.29) is 5.54 Å². The smallest absolute Gasteiger partial charge is 0.223 e. The van der Waals surface area contributed by atoms with Gasteiger partial charge in [0.05, 0.1) is 12.1 Å². The van der Waals surface area contributed by atoms with Crippen molar-refractivity contribution in [2.75, 3.05) is 0 Å². The summed E-state index contributed by atoms with van der Waals surface area (Å²) in [7, 11) is 0. The van der Waals surface area contributed by atoms with Crippen LogP contribution < -0.4 is 5.32 Å². The Morgan fingerprint density at radius 1 is 1.38 bits per heavy atom. The van der Waals surface area contributed by atoms with Crippen LogP contribution >= 0.6 is 11.3 Å². The van der Waals surface area contributed by atoms with Crippen LogP contribution in [0.1, 0.15) is 61.3 Å². The van der Waals surface area contributed by atoms with Gasteiger partial charge in [0.2, 0.25) is 5.89 Å². The minimum Gasteiger partial charge on any atom is -0.340 e. The highest BCUT2D eigenvalue weighted by Gasteiger charge is 2.45. The van der Waals surface area contributed by atoms with Crippen LogP contribution in [0.3, 0.4) is 0 Å². The Balaban J connectivity index is 1.73. The monoisotopic (exact) mass is 307 g/mol. The molecule has 2 aromatic heterocycles. The molecule has 1 atom stereocenters. The van der Waals surface area contributed by atoms with Gasteiger partial charge in [-0.05, 0) is 25.7 Å². The lowest BCUT2D eigenvalue weighted by Crippen LogP contribution is -2.42. The van der Waals surface area contributed by atoms with Crippen molar-refractivity contribution in [1.29, 1.82) is 0 Å². The van der Waals surface area contributed by atoms with Crippen LogP contribution in [-0.4, -0.2) is 20.3 Å². The fraction of sp³-hybridized carbons (Fsp3) is 0.714. The average molecular weight is 307 g/mol. The molecule has 7 heteroatoms. The molecule has 6 nitrogen and oxygen atoms in total. The molecule has 114 valence electrons. The second-order valence-electron chi connectivity index (χ2n) is 6.16. The zero-order valence-corrected chi connectivity index (χ0v) is 13.7. The highest BCUT2D eigenvalue weighted by molar-refractivity contribution is 7.11. The SMILES string of the molecule is Cc1nc(C(C)(NCc2nnc(C(C)C)s2)C2CC2)no1. The van der Waals surface area contributed by atoms with Gasteiger partial charge in [0.15, 0.2) is 5.82 Å². The van der Waals surface area contributed by atoms with Gasteiger partial charge >= 0.3 is 0 Å². The lowest BCUT2D eigenvalue weighted by atomic mass is 9.95. The van der Waals surface area contributed by atoms with Gasteiger partial charge in [-0.3, -0.25) is 5.32 Å². The Hall–Kier alpha value is -1.34. The maximum Gasteiger partial charge on any atom is 0.223 e. The summed E-state index contributed by atoms with van der Waals surface area (Å²) in [4.78, 5) is 4.42. The number of hydrogen-bond donors (Lipinski definition) is 1. The van der Waals surface area contributed by atoms with Crippen molar-refractivity contribution in [3.8, 4) is 0 Å². The van der Waals surface area contributed by atoms with Crippen molar-refractivity contribution >= 4 is 11.3 Å². The molecule has 0 aromatic carbocycles. The van der Waals surface area contributed by atoms with Crippen LogP contribution in [0.4, 0.5) is 0 Å². The van der Waals surface area contributed by atoms with Crippen LogP contribution in [0, 0.1) is 12.8 Å². The van der Waals surface area contributed by atoms with Gasteiger partial charge in [0.1, 0.15) is 10.0 Å². The van der Waals surface area contributed by atoms with Crippen LogP contribution in [0.5, 0.6) is 0 Å². The molecule has 1 unspecified atom stereocenters. The highest BCUT2D eigenvalue weighted by Crippen LogP contribution is 2.44. The normalized spacial score (nSPS) is 18.1. The Labute approximate surface area is 128 Å². The van der Waals surface area contributed by atoms with Gasteiger partial charge in [0.25, 0.3) is 0 Å². The molecule has 1 N–H and O–H groups in total. The van der Waals surface area contributed by atoms with Crippen molar-refractivity contribution in [2.24, 2.45) is 5.92 Å². The highest BCUT2D eigenvalue weighted by atomic mass is 32.1. The zero-order valence-electron chi connectivity index (χ0n) is 12.9. The van der Waals surface area contributed by atoms with Crippen LogP contribution in [-0.2, 0) is 12.1 Å². The fourth-order valence-electron chi connectivity index (χ4n) is 2.41. The summed E-state index contributed by atoms with van der Waals surface area (Å²) in [6, 6.07) is 0. The van der Waals surface area contributed by atoms with Crippen molar-refractivity contribution in [1.82, 2.24) is 25.7 Å². The molecule has 1 fully saturated rings. The molecule has 0 amide bonds. The first-order chi connectivity index (χ1) is 9.99. The number of nitrogens with one attached hydrogen (secondary N) is 1. The number of nitrogens with zero attached hydrogens (tertiary/aromatic N) is 4. The topological polar surface area (TPSA) is 76.7 Å². The predicted octanol–water partition coefficient (Wildman–Crippen LogP) is 2.77. The van der Waals surface area contributed by atoms with E-state index in [2.05, 4.69) is 46.4 Å². The minimum atomic E-state index is -0.249. The van der Waals surface area contributed by atoms with E-state index < -0.39 is 0 Å². The van der Waals surface area contributed by atoms with Gasteiger partial charge in [-0.1, -0.05) is 30.3 Å². The summed E-state index contributed by atoms with van der Waals surface area (Å²) in [6.07, 6.45) is 2.40. The number of rotatable bonds is 6. The molecule has 2 heterocycles. The minimum absolute atomic E-state index is 0.249. The maximum absolute atomic E-state index is 5.15. The van der Waals surface area contributed by atoms with Crippen LogP contribution in [0.2, 0.25) is 0 Å². The van der Waals surface area contributed by atoms with Crippen LogP contribution in [0.15, 0.2) is 4.52 Å². The standard InChI is InChI=1S/C14H21N5OS/c1-8(2)12-18-17-11(21-12)7-15-14(4,10-5-6-10)13-16-9(3)20-19-13/h8,10,15H,5-7H2,1-4H3. The molecule has 0 saturated heterocycles. The molecule has 2 aromatic rings. The molecule has 3 rings (SSSR count). The van der Waals surface area contributed by atoms with Gasteiger partial charge in [-0.15, -0.1) is 10.2 Å². The second-order valence-corrected chi connectivity index (χ2v) is 7.25. The van der Waals surface area contributed by atoms with E-state index >= 15 is 0 Å². The molecule has 21 heavy (non-hydrogen) atoms. The quantitative estimate of drug-likeness (QED) is 0.884. The van der Waals surface area contributed by atoms with Crippen molar-refractivity contribution in [3.05, 3.63) is 21.7 Å². The van der Waals surface area contributed by atoms with Crippen molar-refractivity contribution in [2.45, 2.75) is 58.5 Å². The number of aromatic nitrogens is 4. The first-order valence-corrected chi connectivity index (χ1v) is 8.19. The second kappa shape index (κ2) is 5.46. The molecular weight excluding hydrogens is 286 g/mol. The van der Waals surface area contributed by atoms with Crippen molar-refractivity contribution in [3.63, 3.8) is 0 Å². The van der Waals surface area contributed by atoms with Crippen LogP contribution in [0.25, 0.3) is 0 Å². The van der Waals surface area contributed by atoms with E-state index in [9.17, 15) is 0 Å². The zero-order chi connectivity index (χ0) is 15.0.